The number of carbonyl (C=O) groups is 1. The minimum Gasteiger partial charge on any atom is -0.315 e. The van der Waals surface area contributed by atoms with Gasteiger partial charge in [0.2, 0.25) is 0 Å². The molecule has 100 valence electrons. The second kappa shape index (κ2) is 7.21. The summed E-state index contributed by atoms with van der Waals surface area (Å²) >= 11 is 0. The summed E-state index contributed by atoms with van der Waals surface area (Å²) in [6.45, 7) is 4.85. The highest BCUT2D eigenvalue weighted by Gasteiger charge is 2.09. The van der Waals surface area contributed by atoms with Crippen molar-refractivity contribution < 1.29 is 13.6 Å². The maximum atomic E-state index is 13.3. The van der Waals surface area contributed by atoms with E-state index < -0.39 is 11.6 Å². The van der Waals surface area contributed by atoms with Gasteiger partial charge in [0.15, 0.2) is 0 Å². The lowest BCUT2D eigenvalue weighted by Crippen LogP contribution is -2.24. The van der Waals surface area contributed by atoms with Crippen LogP contribution in [-0.4, -0.2) is 18.4 Å². The highest BCUT2D eigenvalue weighted by Crippen LogP contribution is 2.11. The zero-order valence-corrected chi connectivity index (χ0v) is 10.8. The molecule has 0 aliphatic rings. The molecule has 0 bridgehead atoms. The zero-order valence-electron chi connectivity index (χ0n) is 10.8. The molecule has 0 radical (unpaired) electrons. The summed E-state index contributed by atoms with van der Waals surface area (Å²) in [7, 11) is 0. The van der Waals surface area contributed by atoms with Crippen molar-refractivity contribution in [2.24, 2.45) is 0 Å². The van der Waals surface area contributed by atoms with Crippen LogP contribution in [0.25, 0.3) is 0 Å². The molecule has 18 heavy (non-hydrogen) atoms. The molecular weight excluding hydrogens is 236 g/mol. The van der Waals surface area contributed by atoms with Crippen molar-refractivity contribution >= 4 is 5.78 Å². The Kier molecular flexibility index (Phi) is 5.92. The molecular formula is C14H19F2NO. The number of benzene rings is 1. The Balaban J connectivity index is 2.35. The van der Waals surface area contributed by atoms with E-state index in [1.54, 1.807) is 0 Å². The van der Waals surface area contributed by atoms with Crippen LogP contribution in [0.15, 0.2) is 18.2 Å². The van der Waals surface area contributed by atoms with Crippen LogP contribution in [0.4, 0.5) is 8.78 Å². The molecule has 0 aliphatic carbocycles. The fraction of sp³-hybridized carbons (Fsp3) is 0.500. The zero-order chi connectivity index (χ0) is 13.5. The summed E-state index contributed by atoms with van der Waals surface area (Å²) in [6, 6.07) is 3.71. The first-order valence-electron chi connectivity index (χ1n) is 6.18. The third-order valence-corrected chi connectivity index (χ3v) is 2.59. The summed E-state index contributed by atoms with van der Waals surface area (Å²) in [4.78, 5) is 11.6. The van der Waals surface area contributed by atoms with Crippen molar-refractivity contribution in [2.75, 3.05) is 6.54 Å². The standard InChI is InChI=1S/C14H19F2NO/c1-10(2)17-7-3-4-13(18)8-11-5-6-12(15)9-14(11)16/h5-6,9-10,17H,3-4,7-8H2,1-2H3. The lowest BCUT2D eigenvalue weighted by atomic mass is 10.1. The Labute approximate surface area is 106 Å². The summed E-state index contributed by atoms with van der Waals surface area (Å²) in [5, 5.41) is 3.21. The molecule has 1 rings (SSSR count). The van der Waals surface area contributed by atoms with E-state index in [1.165, 1.54) is 12.1 Å². The number of Topliss-reactive ketones (excluding diaryl/α,β-unsaturated/α-hetero) is 1. The number of nitrogens with one attached hydrogen (secondary N) is 1. The van der Waals surface area contributed by atoms with Gasteiger partial charge >= 0.3 is 0 Å². The molecule has 0 fully saturated rings. The van der Waals surface area contributed by atoms with Crippen molar-refractivity contribution in [3.8, 4) is 0 Å². The lowest BCUT2D eigenvalue weighted by Gasteiger charge is -2.07. The SMILES string of the molecule is CC(C)NCCCC(=O)Cc1ccc(F)cc1F. The predicted octanol–water partition coefficient (Wildman–Crippen LogP) is 2.85. The van der Waals surface area contributed by atoms with Gasteiger partial charge in [-0.1, -0.05) is 19.9 Å². The van der Waals surface area contributed by atoms with Gasteiger partial charge in [0, 0.05) is 24.9 Å². The van der Waals surface area contributed by atoms with Gasteiger partial charge < -0.3 is 5.32 Å². The second-order valence-electron chi connectivity index (χ2n) is 4.66. The monoisotopic (exact) mass is 255 g/mol. The summed E-state index contributed by atoms with van der Waals surface area (Å²) in [5.41, 5.74) is 0.262. The Bertz CT molecular complexity index is 405. The number of rotatable bonds is 7. The molecule has 1 N–H and O–H groups in total. The van der Waals surface area contributed by atoms with Crippen LogP contribution in [-0.2, 0) is 11.2 Å². The molecule has 0 atom stereocenters. The Morgan fingerprint density at radius 3 is 2.67 bits per heavy atom. The van der Waals surface area contributed by atoms with E-state index in [4.69, 9.17) is 0 Å². The predicted molar refractivity (Wildman–Crippen MR) is 67.4 cm³/mol. The third kappa shape index (κ3) is 5.36. The molecule has 1 aromatic rings. The molecule has 0 aliphatic heterocycles. The highest BCUT2D eigenvalue weighted by atomic mass is 19.1. The number of carbonyl (C=O) groups excluding carboxylic acids is 1. The maximum absolute atomic E-state index is 13.3. The molecule has 0 aromatic heterocycles. The first kappa shape index (κ1) is 14.8. The summed E-state index contributed by atoms with van der Waals surface area (Å²) < 4.78 is 26.0. The number of hydrogen-bond donors (Lipinski definition) is 1. The van der Waals surface area contributed by atoms with E-state index in [2.05, 4.69) is 5.32 Å². The molecule has 0 saturated heterocycles. The highest BCUT2D eigenvalue weighted by molar-refractivity contribution is 5.80. The lowest BCUT2D eigenvalue weighted by molar-refractivity contribution is -0.118. The maximum Gasteiger partial charge on any atom is 0.137 e. The van der Waals surface area contributed by atoms with Crippen LogP contribution in [0.5, 0.6) is 0 Å². The average molecular weight is 255 g/mol. The van der Waals surface area contributed by atoms with Crippen LogP contribution >= 0.6 is 0 Å². The van der Waals surface area contributed by atoms with Gasteiger partial charge in [-0.25, -0.2) is 8.78 Å². The van der Waals surface area contributed by atoms with Crippen LogP contribution in [0, 0.1) is 11.6 Å². The molecule has 0 amide bonds. The van der Waals surface area contributed by atoms with E-state index in [0.717, 1.165) is 19.0 Å². The van der Waals surface area contributed by atoms with Crippen molar-refractivity contribution in [3.63, 3.8) is 0 Å². The summed E-state index contributed by atoms with van der Waals surface area (Å²) in [5.74, 6) is -1.29. The van der Waals surface area contributed by atoms with Crippen LogP contribution in [0.1, 0.15) is 32.3 Å². The van der Waals surface area contributed by atoms with E-state index in [9.17, 15) is 13.6 Å². The Hall–Kier alpha value is -1.29. The van der Waals surface area contributed by atoms with Gasteiger partial charge in [-0.2, -0.15) is 0 Å². The van der Waals surface area contributed by atoms with Crippen molar-refractivity contribution in [1.82, 2.24) is 5.32 Å². The van der Waals surface area contributed by atoms with E-state index in [-0.39, 0.29) is 17.8 Å². The first-order chi connectivity index (χ1) is 8.49. The molecule has 1 aromatic carbocycles. The van der Waals surface area contributed by atoms with Crippen molar-refractivity contribution in [3.05, 3.63) is 35.4 Å². The molecule has 0 spiro atoms. The largest absolute Gasteiger partial charge is 0.315 e. The van der Waals surface area contributed by atoms with Gasteiger partial charge in [-0.3, -0.25) is 4.79 Å². The fourth-order valence-electron chi connectivity index (χ4n) is 1.64. The minimum absolute atomic E-state index is 0.0222. The van der Waals surface area contributed by atoms with E-state index in [1.807, 2.05) is 13.8 Å². The first-order valence-corrected chi connectivity index (χ1v) is 6.18. The smallest absolute Gasteiger partial charge is 0.137 e. The van der Waals surface area contributed by atoms with Gasteiger partial charge in [-0.15, -0.1) is 0 Å². The average Bonchev–Trinajstić information content (AvgIpc) is 2.28. The van der Waals surface area contributed by atoms with E-state index >= 15 is 0 Å². The number of halogens is 2. The Morgan fingerprint density at radius 1 is 1.33 bits per heavy atom. The molecule has 0 heterocycles. The fourth-order valence-corrected chi connectivity index (χ4v) is 1.64. The van der Waals surface area contributed by atoms with Crippen LogP contribution < -0.4 is 5.32 Å². The van der Waals surface area contributed by atoms with Gasteiger partial charge in [-0.05, 0) is 24.6 Å². The van der Waals surface area contributed by atoms with Crippen LogP contribution in [0.3, 0.4) is 0 Å². The quantitative estimate of drug-likeness (QED) is 0.759. The molecule has 4 heteroatoms. The third-order valence-electron chi connectivity index (χ3n) is 2.59. The van der Waals surface area contributed by atoms with E-state index in [0.29, 0.717) is 12.5 Å². The number of hydrogen-bond acceptors (Lipinski definition) is 2. The summed E-state index contributed by atoms with van der Waals surface area (Å²) in [6.07, 6.45) is 1.18. The van der Waals surface area contributed by atoms with Gasteiger partial charge in [0.25, 0.3) is 0 Å². The minimum atomic E-state index is -0.649. The van der Waals surface area contributed by atoms with Crippen molar-refractivity contribution in [1.29, 1.82) is 0 Å². The normalized spacial score (nSPS) is 10.9. The van der Waals surface area contributed by atoms with Gasteiger partial charge in [0.05, 0.1) is 0 Å². The molecule has 2 nitrogen and oxygen atoms in total. The molecule has 0 unspecified atom stereocenters. The van der Waals surface area contributed by atoms with Crippen molar-refractivity contribution in [2.45, 2.75) is 39.2 Å². The second-order valence-corrected chi connectivity index (χ2v) is 4.66. The topological polar surface area (TPSA) is 29.1 Å². The van der Waals surface area contributed by atoms with Crippen LogP contribution in [0.2, 0.25) is 0 Å². The molecule has 0 saturated carbocycles. The van der Waals surface area contributed by atoms with Gasteiger partial charge in [0.1, 0.15) is 17.4 Å². The number of ketones is 1. The Morgan fingerprint density at radius 2 is 2.06 bits per heavy atom.